The van der Waals surface area contributed by atoms with Gasteiger partial charge < -0.3 is 19.4 Å². The van der Waals surface area contributed by atoms with Crippen molar-refractivity contribution in [1.29, 1.82) is 5.26 Å². The van der Waals surface area contributed by atoms with E-state index in [0.717, 1.165) is 11.3 Å². The smallest absolute Gasteiger partial charge is 0.410 e. The number of hydrogen-bond donors (Lipinski definition) is 0. The predicted molar refractivity (Wildman–Crippen MR) is 165 cm³/mol. The predicted octanol–water partition coefficient (Wildman–Crippen LogP) is 6.46. The molecule has 0 saturated carbocycles. The van der Waals surface area contributed by atoms with Crippen molar-refractivity contribution in [2.24, 2.45) is 0 Å². The van der Waals surface area contributed by atoms with Gasteiger partial charge in [-0.15, -0.1) is 0 Å². The summed E-state index contributed by atoms with van der Waals surface area (Å²) < 4.78 is 34.9. The van der Waals surface area contributed by atoms with Crippen LogP contribution in [0.5, 0.6) is 0 Å². The third-order valence-corrected chi connectivity index (χ3v) is 8.76. The quantitative estimate of drug-likeness (QED) is 0.257. The first-order valence-electron chi connectivity index (χ1n) is 14.3. The molecule has 4 aromatic rings. The summed E-state index contributed by atoms with van der Waals surface area (Å²) >= 11 is 1.16. The molecule has 0 atom stereocenters. The largest absolute Gasteiger partial charge is 0.444 e. The van der Waals surface area contributed by atoms with Gasteiger partial charge in [0.1, 0.15) is 39.3 Å². The lowest BCUT2D eigenvalue weighted by Gasteiger charge is -2.37. The molecule has 0 N–H and O–H groups in total. The number of thiazole rings is 1. The van der Waals surface area contributed by atoms with E-state index in [9.17, 15) is 19.2 Å². The van der Waals surface area contributed by atoms with Gasteiger partial charge in [-0.05, 0) is 63.6 Å². The standard InChI is InChI=1S/C32H30F2N6O3S/c1-32(2,3)43-31(42)40-13-11-39(12-14-40)20-15-22-27(23(34)16-20)36-28-21(9-10-24(28)41)29(22)38(4)30-37-26(25(17-35)44-30)18-5-7-19(33)8-6-18/h5-8,15-16H,9-14H2,1-4H3. The summed E-state index contributed by atoms with van der Waals surface area (Å²) in [6.45, 7) is 7.25. The van der Waals surface area contributed by atoms with E-state index in [0.29, 0.717) is 76.2 Å². The number of hydrogen-bond acceptors (Lipinski definition) is 9. The van der Waals surface area contributed by atoms with Crippen LogP contribution in [-0.2, 0) is 11.2 Å². The molecule has 1 fully saturated rings. The number of halogens is 2. The average molecular weight is 617 g/mol. The number of amides is 1. The van der Waals surface area contributed by atoms with Crippen LogP contribution in [0.2, 0.25) is 0 Å². The van der Waals surface area contributed by atoms with Gasteiger partial charge in [0, 0.05) is 61.8 Å². The van der Waals surface area contributed by atoms with Crippen molar-refractivity contribution >= 4 is 50.6 Å². The number of pyridine rings is 1. The monoisotopic (exact) mass is 616 g/mol. The maximum absolute atomic E-state index is 15.8. The molecule has 2 aromatic heterocycles. The van der Waals surface area contributed by atoms with E-state index in [1.165, 1.54) is 18.2 Å². The van der Waals surface area contributed by atoms with Crippen LogP contribution in [0.4, 0.5) is 30.1 Å². The van der Waals surface area contributed by atoms with E-state index >= 15 is 4.39 Å². The topological polar surface area (TPSA) is 103 Å². The maximum Gasteiger partial charge on any atom is 0.410 e. The number of nitrogens with zero attached hydrogens (tertiary/aromatic N) is 6. The molecule has 0 radical (unpaired) electrons. The van der Waals surface area contributed by atoms with Crippen molar-refractivity contribution in [3.63, 3.8) is 0 Å². The second-order valence-electron chi connectivity index (χ2n) is 11.8. The highest BCUT2D eigenvalue weighted by Crippen LogP contribution is 2.43. The number of aromatic nitrogens is 2. The molecule has 0 bridgehead atoms. The minimum atomic E-state index is -0.599. The Labute approximate surface area is 257 Å². The molecule has 1 amide bonds. The lowest BCUT2D eigenvalue weighted by molar-refractivity contribution is 0.0240. The van der Waals surface area contributed by atoms with Crippen LogP contribution >= 0.6 is 11.3 Å². The number of Topliss-reactive ketones (excluding diaryl/α,β-unsaturated/α-hetero) is 1. The molecule has 2 aliphatic rings. The number of ether oxygens (including phenoxy) is 1. The Morgan fingerprint density at radius 3 is 2.41 bits per heavy atom. The molecule has 6 rings (SSSR count). The molecule has 1 aliphatic heterocycles. The molecule has 1 saturated heterocycles. The molecule has 1 aliphatic carbocycles. The SMILES string of the molecule is CN(c1nc(-c2ccc(F)cc2)c(C#N)s1)c1c2c(nc3c(F)cc(N4CCN(C(=O)OC(C)(C)C)CC4)cc13)C(=O)CC2. The second kappa shape index (κ2) is 11.1. The molecule has 0 spiro atoms. The highest BCUT2D eigenvalue weighted by atomic mass is 32.1. The van der Waals surface area contributed by atoms with Gasteiger partial charge in [0.15, 0.2) is 16.7 Å². The number of piperazine rings is 1. The Hall–Kier alpha value is -4.63. The Balaban J connectivity index is 1.40. The lowest BCUT2D eigenvalue weighted by Crippen LogP contribution is -2.50. The van der Waals surface area contributed by atoms with E-state index in [1.807, 2.05) is 31.7 Å². The van der Waals surface area contributed by atoms with Crippen molar-refractivity contribution in [1.82, 2.24) is 14.9 Å². The Kier molecular flexibility index (Phi) is 7.45. The molecule has 12 heteroatoms. The summed E-state index contributed by atoms with van der Waals surface area (Å²) in [5, 5.41) is 10.9. The lowest BCUT2D eigenvalue weighted by atomic mass is 10.0. The fourth-order valence-electron chi connectivity index (χ4n) is 5.62. The highest BCUT2D eigenvalue weighted by Gasteiger charge is 2.32. The summed E-state index contributed by atoms with van der Waals surface area (Å²) in [5.74, 6) is -1.11. The van der Waals surface area contributed by atoms with E-state index in [1.54, 1.807) is 29.0 Å². The normalized spacial score (nSPS) is 15.0. The third kappa shape index (κ3) is 5.43. The van der Waals surface area contributed by atoms with Gasteiger partial charge in [0.05, 0.1) is 5.69 Å². The zero-order valence-corrected chi connectivity index (χ0v) is 25.6. The van der Waals surface area contributed by atoms with Crippen LogP contribution in [0.15, 0.2) is 36.4 Å². The van der Waals surface area contributed by atoms with E-state index in [4.69, 9.17) is 9.72 Å². The van der Waals surface area contributed by atoms with Crippen LogP contribution < -0.4 is 9.80 Å². The number of rotatable bonds is 4. The molecule has 44 heavy (non-hydrogen) atoms. The zero-order chi connectivity index (χ0) is 31.3. The summed E-state index contributed by atoms with van der Waals surface area (Å²) in [6, 6.07) is 11.2. The first-order chi connectivity index (χ1) is 20.9. The first kappa shape index (κ1) is 29.4. The number of fused-ring (bicyclic) bond motifs is 2. The zero-order valence-electron chi connectivity index (χ0n) is 24.8. The van der Waals surface area contributed by atoms with Gasteiger partial charge >= 0.3 is 6.09 Å². The Morgan fingerprint density at radius 1 is 1.05 bits per heavy atom. The summed E-state index contributed by atoms with van der Waals surface area (Å²) in [6.07, 6.45) is 0.330. The molecule has 0 unspecified atom stereocenters. The molecular formula is C32H30F2N6O3S. The van der Waals surface area contributed by atoms with Crippen molar-refractivity contribution in [2.75, 3.05) is 43.0 Å². The number of nitriles is 1. The van der Waals surface area contributed by atoms with Crippen molar-refractivity contribution in [3.05, 3.63) is 64.2 Å². The van der Waals surface area contributed by atoms with Gasteiger partial charge in [-0.3, -0.25) is 4.79 Å². The summed E-state index contributed by atoms with van der Waals surface area (Å²) in [7, 11) is 1.77. The minimum Gasteiger partial charge on any atom is -0.444 e. The molecule has 226 valence electrons. The number of carbonyl (C=O) groups is 2. The van der Waals surface area contributed by atoms with Crippen molar-refractivity contribution in [2.45, 2.75) is 39.2 Å². The van der Waals surface area contributed by atoms with Crippen LogP contribution in [-0.4, -0.2) is 65.6 Å². The number of benzene rings is 2. The van der Waals surface area contributed by atoms with E-state index < -0.39 is 17.2 Å². The minimum absolute atomic E-state index is 0.0767. The van der Waals surface area contributed by atoms with Crippen LogP contribution in [0.25, 0.3) is 22.2 Å². The fraction of sp³-hybridized carbons (Fsp3) is 0.344. The van der Waals surface area contributed by atoms with Crippen molar-refractivity contribution in [3.8, 4) is 17.3 Å². The summed E-state index contributed by atoms with van der Waals surface area (Å²) in [4.78, 5) is 40.4. The molecule has 2 aromatic carbocycles. The molecule has 3 heterocycles. The number of carbonyl (C=O) groups excluding carboxylic acids is 2. The van der Waals surface area contributed by atoms with Gasteiger partial charge in [-0.25, -0.2) is 23.5 Å². The van der Waals surface area contributed by atoms with E-state index in [-0.39, 0.29) is 29.5 Å². The van der Waals surface area contributed by atoms with Gasteiger partial charge in [0.25, 0.3) is 0 Å². The fourth-order valence-corrected chi connectivity index (χ4v) is 6.48. The Bertz CT molecular complexity index is 1840. The maximum atomic E-state index is 15.8. The van der Waals surface area contributed by atoms with Crippen LogP contribution in [0, 0.1) is 23.0 Å². The van der Waals surface area contributed by atoms with Gasteiger partial charge in [-0.2, -0.15) is 5.26 Å². The highest BCUT2D eigenvalue weighted by molar-refractivity contribution is 7.16. The van der Waals surface area contributed by atoms with Gasteiger partial charge in [-0.1, -0.05) is 11.3 Å². The second-order valence-corrected chi connectivity index (χ2v) is 12.8. The summed E-state index contributed by atoms with van der Waals surface area (Å²) in [5.41, 5.74) is 2.67. The average Bonchev–Trinajstić information content (AvgIpc) is 3.59. The van der Waals surface area contributed by atoms with Gasteiger partial charge in [0.2, 0.25) is 0 Å². The van der Waals surface area contributed by atoms with Crippen LogP contribution in [0.1, 0.15) is 48.1 Å². The van der Waals surface area contributed by atoms with Crippen molar-refractivity contribution < 1.29 is 23.1 Å². The number of ketones is 1. The van der Waals surface area contributed by atoms with E-state index in [2.05, 4.69) is 11.1 Å². The van der Waals surface area contributed by atoms with Crippen LogP contribution in [0.3, 0.4) is 0 Å². The first-order valence-corrected chi connectivity index (χ1v) is 15.1. The molecular weight excluding hydrogens is 586 g/mol. The molecule has 9 nitrogen and oxygen atoms in total. The number of anilines is 3. The Morgan fingerprint density at radius 2 is 1.75 bits per heavy atom. The third-order valence-electron chi connectivity index (χ3n) is 7.72.